The normalized spacial score (nSPS) is 11.7. The van der Waals surface area contributed by atoms with Gasteiger partial charge < -0.3 is 0 Å². The summed E-state index contributed by atoms with van der Waals surface area (Å²) in [6, 6.07) is 3.75. The average molecular weight is 342 g/mol. The van der Waals surface area contributed by atoms with Gasteiger partial charge in [0, 0.05) is 6.54 Å². The van der Waals surface area contributed by atoms with E-state index in [1.807, 2.05) is 6.26 Å². The van der Waals surface area contributed by atoms with Crippen molar-refractivity contribution in [3.8, 4) is 0 Å². The Kier molecular flexibility index (Phi) is 5.91. The van der Waals surface area contributed by atoms with Crippen molar-refractivity contribution in [1.82, 2.24) is 4.72 Å². The van der Waals surface area contributed by atoms with Crippen molar-refractivity contribution < 1.29 is 12.8 Å². The van der Waals surface area contributed by atoms with Gasteiger partial charge in [0.25, 0.3) is 0 Å². The SMILES string of the molecule is CSCCCNS(=O)(=O)c1ccc(Br)c(F)c1. The standard InChI is InChI=1S/C10H13BrFNO2S2/c1-16-6-2-5-13-17(14,15)8-3-4-9(11)10(12)7-8/h3-4,7,13H,2,5-6H2,1H3. The average Bonchev–Trinajstić information content (AvgIpc) is 2.28. The van der Waals surface area contributed by atoms with Gasteiger partial charge in [-0.25, -0.2) is 17.5 Å². The van der Waals surface area contributed by atoms with Crippen molar-refractivity contribution >= 4 is 37.7 Å². The van der Waals surface area contributed by atoms with Crippen LogP contribution in [0.3, 0.4) is 0 Å². The summed E-state index contributed by atoms with van der Waals surface area (Å²) in [6.45, 7) is 0.362. The molecule has 0 atom stereocenters. The highest BCUT2D eigenvalue weighted by Gasteiger charge is 2.14. The first kappa shape index (κ1) is 14.9. The molecule has 0 fully saturated rings. The van der Waals surface area contributed by atoms with Crippen molar-refractivity contribution in [2.24, 2.45) is 0 Å². The van der Waals surface area contributed by atoms with Crippen LogP contribution in [0.4, 0.5) is 4.39 Å². The molecule has 17 heavy (non-hydrogen) atoms. The third-order valence-corrected chi connectivity index (χ3v) is 4.82. The minimum Gasteiger partial charge on any atom is -0.211 e. The van der Waals surface area contributed by atoms with E-state index in [-0.39, 0.29) is 9.37 Å². The Hall–Kier alpha value is -0.110. The maximum Gasteiger partial charge on any atom is 0.240 e. The first-order chi connectivity index (χ1) is 7.97. The van der Waals surface area contributed by atoms with Crippen LogP contribution in [0.25, 0.3) is 0 Å². The van der Waals surface area contributed by atoms with E-state index < -0.39 is 15.8 Å². The fourth-order valence-electron chi connectivity index (χ4n) is 1.15. The van der Waals surface area contributed by atoms with E-state index in [2.05, 4.69) is 20.7 Å². The summed E-state index contributed by atoms with van der Waals surface area (Å²) in [4.78, 5) is -0.0534. The van der Waals surface area contributed by atoms with E-state index >= 15 is 0 Å². The molecule has 1 rings (SSSR count). The lowest BCUT2D eigenvalue weighted by Crippen LogP contribution is -2.25. The van der Waals surface area contributed by atoms with Crippen molar-refractivity contribution in [2.75, 3.05) is 18.6 Å². The summed E-state index contributed by atoms with van der Waals surface area (Å²) in [5, 5.41) is 0. The Labute approximate surface area is 113 Å². The highest BCUT2D eigenvalue weighted by Crippen LogP contribution is 2.19. The van der Waals surface area contributed by atoms with Crippen molar-refractivity contribution in [3.63, 3.8) is 0 Å². The van der Waals surface area contributed by atoms with Crippen LogP contribution < -0.4 is 4.72 Å². The molecular weight excluding hydrogens is 329 g/mol. The molecule has 96 valence electrons. The molecule has 0 radical (unpaired) electrons. The molecular formula is C10H13BrFNO2S2. The molecule has 0 saturated carbocycles. The molecule has 0 spiro atoms. The summed E-state index contributed by atoms with van der Waals surface area (Å²) < 4.78 is 39.4. The molecule has 1 aromatic carbocycles. The third kappa shape index (κ3) is 4.57. The van der Waals surface area contributed by atoms with Crippen molar-refractivity contribution in [2.45, 2.75) is 11.3 Å². The van der Waals surface area contributed by atoms with Gasteiger partial charge in [0.1, 0.15) is 5.82 Å². The van der Waals surface area contributed by atoms with E-state index in [0.717, 1.165) is 18.2 Å². The van der Waals surface area contributed by atoms with Gasteiger partial charge in [0.2, 0.25) is 10.0 Å². The number of nitrogens with one attached hydrogen (secondary N) is 1. The minimum atomic E-state index is -3.60. The molecule has 7 heteroatoms. The van der Waals surface area contributed by atoms with Crippen LogP contribution in [-0.4, -0.2) is 27.0 Å². The molecule has 1 N–H and O–H groups in total. The fourth-order valence-corrected chi connectivity index (χ4v) is 2.92. The Morgan fingerprint density at radius 2 is 2.18 bits per heavy atom. The van der Waals surface area contributed by atoms with Gasteiger partial charge in [-0.05, 0) is 52.6 Å². The van der Waals surface area contributed by atoms with Crippen molar-refractivity contribution in [3.05, 3.63) is 28.5 Å². The summed E-state index contributed by atoms with van der Waals surface area (Å²) in [6.07, 6.45) is 2.71. The maximum absolute atomic E-state index is 13.2. The molecule has 0 aliphatic rings. The zero-order valence-corrected chi connectivity index (χ0v) is 12.5. The molecule has 3 nitrogen and oxygen atoms in total. The predicted octanol–water partition coefficient (Wildman–Crippen LogP) is 2.62. The quantitative estimate of drug-likeness (QED) is 0.809. The second kappa shape index (κ2) is 6.72. The summed E-state index contributed by atoms with van der Waals surface area (Å²) in [5.74, 6) is 0.300. The van der Waals surface area contributed by atoms with Gasteiger partial charge in [-0.15, -0.1) is 0 Å². The Morgan fingerprint density at radius 1 is 1.47 bits per heavy atom. The molecule has 0 heterocycles. The molecule has 0 aliphatic carbocycles. The van der Waals surface area contributed by atoms with Crippen LogP contribution in [-0.2, 0) is 10.0 Å². The highest BCUT2D eigenvalue weighted by molar-refractivity contribution is 9.10. The van der Waals surface area contributed by atoms with Crippen LogP contribution in [0.15, 0.2) is 27.6 Å². The second-order valence-electron chi connectivity index (χ2n) is 3.32. The smallest absolute Gasteiger partial charge is 0.211 e. The lowest BCUT2D eigenvalue weighted by molar-refractivity contribution is 0.576. The molecule has 0 bridgehead atoms. The molecule has 0 aromatic heterocycles. The first-order valence-corrected chi connectivity index (χ1v) is 8.58. The monoisotopic (exact) mass is 341 g/mol. The zero-order valence-electron chi connectivity index (χ0n) is 9.24. The zero-order chi connectivity index (χ0) is 12.9. The molecule has 0 aliphatic heterocycles. The van der Waals surface area contributed by atoms with Gasteiger partial charge in [-0.1, -0.05) is 0 Å². The minimum absolute atomic E-state index is 0.0534. The van der Waals surface area contributed by atoms with Crippen molar-refractivity contribution in [1.29, 1.82) is 0 Å². The maximum atomic E-state index is 13.2. The summed E-state index contributed by atoms with van der Waals surface area (Å²) >= 11 is 4.63. The van der Waals surface area contributed by atoms with Gasteiger partial charge in [-0.3, -0.25) is 0 Å². The number of thioether (sulfide) groups is 1. The largest absolute Gasteiger partial charge is 0.240 e. The highest BCUT2D eigenvalue weighted by atomic mass is 79.9. The van der Waals surface area contributed by atoms with Crippen LogP contribution in [0, 0.1) is 5.82 Å². The summed E-state index contributed by atoms with van der Waals surface area (Å²) in [5.41, 5.74) is 0. The number of halogens is 2. The van der Waals surface area contributed by atoms with E-state index in [4.69, 9.17) is 0 Å². The summed E-state index contributed by atoms with van der Waals surface area (Å²) in [7, 11) is -3.60. The van der Waals surface area contributed by atoms with Crippen LogP contribution in [0.1, 0.15) is 6.42 Å². The number of hydrogen-bond donors (Lipinski definition) is 1. The molecule has 0 saturated heterocycles. The van der Waals surface area contributed by atoms with Gasteiger partial charge in [-0.2, -0.15) is 11.8 Å². The Bertz CT molecular complexity index is 479. The Morgan fingerprint density at radius 3 is 2.76 bits per heavy atom. The number of benzene rings is 1. The molecule has 1 aromatic rings. The topological polar surface area (TPSA) is 46.2 Å². The van der Waals surface area contributed by atoms with Crippen LogP contribution in [0.2, 0.25) is 0 Å². The molecule has 0 unspecified atom stereocenters. The van der Waals surface area contributed by atoms with Crippen LogP contribution in [0.5, 0.6) is 0 Å². The fraction of sp³-hybridized carbons (Fsp3) is 0.400. The first-order valence-electron chi connectivity index (χ1n) is 4.91. The van der Waals surface area contributed by atoms with E-state index in [1.165, 1.54) is 12.1 Å². The number of rotatable bonds is 6. The predicted molar refractivity (Wildman–Crippen MR) is 72.3 cm³/mol. The van der Waals surface area contributed by atoms with Gasteiger partial charge in [0.05, 0.1) is 9.37 Å². The van der Waals surface area contributed by atoms with Crippen LogP contribution >= 0.6 is 27.7 Å². The Balaban J connectivity index is 2.72. The second-order valence-corrected chi connectivity index (χ2v) is 6.93. The van der Waals surface area contributed by atoms with E-state index in [0.29, 0.717) is 6.54 Å². The lowest BCUT2D eigenvalue weighted by atomic mass is 10.3. The van der Waals surface area contributed by atoms with Gasteiger partial charge >= 0.3 is 0 Å². The number of hydrogen-bond acceptors (Lipinski definition) is 3. The number of sulfonamides is 1. The molecule has 0 amide bonds. The van der Waals surface area contributed by atoms with E-state index in [9.17, 15) is 12.8 Å². The van der Waals surface area contributed by atoms with E-state index in [1.54, 1.807) is 11.8 Å². The van der Waals surface area contributed by atoms with Gasteiger partial charge in [0.15, 0.2) is 0 Å². The lowest BCUT2D eigenvalue weighted by Gasteiger charge is -2.06. The third-order valence-electron chi connectivity index (χ3n) is 2.02.